The molecule has 24 heavy (non-hydrogen) atoms. The van der Waals surface area contributed by atoms with Gasteiger partial charge in [0.05, 0.1) is 4.92 Å². The number of aliphatic carboxylic acids is 1. The predicted molar refractivity (Wildman–Crippen MR) is 89.1 cm³/mol. The number of carboxylic acid groups (broad SMARTS) is 1. The van der Waals surface area contributed by atoms with E-state index in [4.69, 9.17) is 5.11 Å². The van der Waals surface area contributed by atoms with E-state index in [1.807, 2.05) is 0 Å². The molecule has 7 nitrogen and oxygen atoms in total. The van der Waals surface area contributed by atoms with Gasteiger partial charge in [0.25, 0.3) is 5.69 Å². The fraction of sp³-hybridized carbons (Fsp3) is 0. The lowest BCUT2D eigenvalue weighted by atomic mass is 10.3. The maximum Gasteiger partial charge on any atom is 0.328 e. The van der Waals surface area contributed by atoms with Gasteiger partial charge in [-0.2, -0.15) is 0 Å². The van der Waals surface area contributed by atoms with Crippen LogP contribution in [0.15, 0.2) is 70.5 Å². The highest BCUT2D eigenvalue weighted by Gasteiger charge is 2.05. The summed E-state index contributed by atoms with van der Waals surface area (Å²) in [6, 6.07) is 13.1. The van der Waals surface area contributed by atoms with Crippen molar-refractivity contribution in [3.05, 3.63) is 70.8 Å². The monoisotopic (exact) mass is 344 g/mol. The number of carbonyl (C=O) groups is 2. The molecule has 0 aliphatic rings. The van der Waals surface area contributed by atoms with Gasteiger partial charge in [-0.25, -0.2) is 4.79 Å². The number of nitro groups is 1. The van der Waals surface area contributed by atoms with Gasteiger partial charge in [0.2, 0.25) is 5.91 Å². The molecule has 0 heterocycles. The summed E-state index contributed by atoms with van der Waals surface area (Å²) in [6.45, 7) is 0. The van der Waals surface area contributed by atoms with Crippen LogP contribution in [0.2, 0.25) is 0 Å². The first-order valence-electron chi connectivity index (χ1n) is 6.68. The molecule has 8 heteroatoms. The number of benzene rings is 2. The molecule has 2 aromatic carbocycles. The van der Waals surface area contributed by atoms with Crippen molar-refractivity contribution in [1.29, 1.82) is 0 Å². The lowest BCUT2D eigenvalue weighted by molar-refractivity contribution is -0.384. The number of anilines is 1. The van der Waals surface area contributed by atoms with Gasteiger partial charge in [-0.15, -0.1) is 0 Å². The molecular formula is C16H12N2O5S. The number of rotatable bonds is 6. The van der Waals surface area contributed by atoms with E-state index in [1.54, 1.807) is 36.4 Å². The Kier molecular flexibility index (Phi) is 5.69. The van der Waals surface area contributed by atoms with Gasteiger partial charge in [0.15, 0.2) is 0 Å². The van der Waals surface area contributed by atoms with E-state index in [9.17, 15) is 19.7 Å². The van der Waals surface area contributed by atoms with Crippen LogP contribution in [-0.4, -0.2) is 21.9 Å². The van der Waals surface area contributed by atoms with Crippen molar-refractivity contribution in [2.45, 2.75) is 9.79 Å². The number of nitrogens with one attached hydrogen (secondary N) is 1. The van der Waals surface area contributed by atoms with Gasteiger partial charge in [0, 0.05) is 39.8 Å². The van der Waals surface area contributed by atoms with Crippen molar-refractivity contribution in [3.63, 3.8) is 0 Å². The third-order valence-electron chi connectivity index (χ3n) is 2.78. The van der Waals surface area contributed by atoms with Crippen molar-refractivity contribution in [2.75, 3.05) is 5.32 Å². The Morgan fingerprint density at radius 1 is 1.00 bits per heavy atom. The van der Waals surface area contributed by atoms with Crippen LogP contribution >= 0.6 is 11.8 Å². The molecule has 2 N–H and O–H groups in total. The van der Waals surface area contributed by atoms with Crippen LogP contribution in [0.5, 0.6) is 0 Å². The summed E-state index contributed by atoms with van der Waals surface area (Å²) in [6.07, 6.45) is 1.69. The Morgan fingerprint density at radius 2 is 1.54 bits per heavy atom. The third-order valence-corrected chi connectivity index (χ3v) is 3.80. The normalized spacial score (nSPS) is 10.5. The van der Waals surface area contributed by atoms with Crippen molar-refractivity contribution in [1.82, 2.24) is 0 Å². The molecule has 2 rings (SSSR count). The lowest BCUT2D eigenvalue weighted by Crippen LogP contribution is -2.08. The highest BCUT2D eigenvalue weighted by Crippen LogP contribution is 2.29. The second-order valence-corrected chi connectivity index (χ2v) is 5.69. The van der Waals surface area contributed by atoms with E-state index >= 15 is 0 Å². The molecular weight excluding hydrogens is 332 g/mol. The number of carboxylic acids is 1. The van der Waals surface area contributed by atoms with Gasteiger partial charge >= 0.3 is 5.97 Å². The Morgan fingerprint density at radius 3 is 2.04 bits per heavy atom. The second kappa shape index (κ2) is 7.93. The molecule has 0 saturated carbocycles. The fourth-order valence-corrected chi connectivity index (χ4v) is 2.53. The topological polar surface area (TPSA) is 110 Å². The van der Waals surface area contributed by atoms with Gasteiger partial charge in [-0.05, 0) is 36.4 Å². The Balaban J connectivity index is 1.97. The maximum atomic E-state index is 11.5. The average Bonchev–Trinajstić information content (AvgIpc) is 2.55. The average molecular weight is 344 g/mol. The number of hydrogen-bond acceptors (Lipinski definition) is 5. The molecule has 1 amide bonds. The van der Waals surface area contributed by atoms with Gasteiger partial charge < -0.3 is 10.4 Å². The fourth-order valence-electron chi connectivity index (χ4n) is 1.71. The highest BCUT2D eigenvalue weighted by atomic mass is 32.2. The minimum Gasteiger partial charge on any atom is -0.478 e. The molecule has 0 atom stereocenters. The van der Waals surface area contributed by atoms with E-state index in [-0.39, 0.29) is 5.69 Å². The number of carbonyl (C=O) groups excluding carboxylic acids is 1. The predicted octanol–water partition coefficient (Wildman–Crippen LogP) is 3.33. The Bertz CT molecular complexity index is 785. The molecule has 0 spiro atoms. The SMILES string of the molecule is O=C(O)C=CC(=O)Nc1ccc(Sc2ccc([N+](=O)[O-])cc2)cc1. The summed E-state index contributed by atoms with van der Waals surface area (Å²) in [5.41, 5.74) is 0.565. The first kappa shape index (κ1) is 17.2. The van der Waals surface area contributed by atoms with Crippen LogP contribution in [0.3, 0.4) is 0 Å². The zero-order valence-corrected chi connectivity index (χ0v) is 13.0. The van der Waals surface area contributed by atoms with Gasteiger partial charge in [-0.1, -0.05) is 11.8 Å². The van der Waals surface area contributed by atoms with Crippen LogP contribution in [0.1, 0.15) is 0 Å². The van der Waals surface area contributed by atoms with Crippen LogP contribution < -0.4 is 5.32 Å². The Labute approximate surface area is 141 Å². The number of amides is 1. The zero-order chi connectivity index (χ0) is 17.5. The molecule has 0 aliphatic carbocycles. The van der Waals surface area contributed by atoms with Crippen LogP contribution in [-0.2, 0) is 9.59 Å². The summed E-state index contributed by atoms with van der Waals surface area (Å²) >= 11 is 1.42. The highest BCUT2D eigenvalue weighted by molar-refractivity contribution is 7.99. The van der Waals surface area contributed by atoms with E-state index in [0.29, 0.717) is 5.69 Å². The van der Waals surface area contributed by atoms with Crippen molar-refractivity contribution in [3.8, 4) is 0 Å². The largest absolute Gasteiger partial charge is 0.478 e. The van der Waals surface area contributed by atoms with Crippen molar-refractivity contribution >= 4 is 35.0 Å². The first-order chi connectivity index (χ1) is 11.4. The minimum absolute atomic E-state index is 0.0341. The van der Waals surface area contributed by atoms with Crippen molar-refractivity contribution in [2.24, 2.45) is 0 Å². The van der Waals surface area contributed by atoms with E-state index in [1.165, 1.54) is 23.9 Å². The summed E-state index contributed by atoms with van der Waals surface area (Å²) in [5.74, 6) is -1.73. The first-order valence-corrected chi connectivity index (χ1v) is 7.50. The number of non-ortho nitro benzene ring substituents is 1. The summed E-state index contributed by atoms with van der Waals surface area (Å²) in [7, 11) is 0. The van der Waals surface area contributed by atoms with Crippen molar-refractivity contribution < 1.29 is 19.6 Å². The summed E-state index contributed by atoms with van der Waals surface area (Å²) < 4.78 is 0. The molecule has 2 aromatic rings. The maximum absolute atomic E-state index is 11.5. The molecule has 0 unspecified atom stereocenters. The smallest absolute Gasteiger partial charge is 0.328 e. The van der Waals surface area contributed by atoms with Crippen LogP contribution in [0.4, 0.5) is 11.4 Å². The van der Waals surface area contributed by atoms with E-state index in [0.717, 1.165) is 21.9 Å². The number of nitrogens with zero attached hydrogens (tertiary/aromatic N) is 1. The standard InChI is InChI=1S/C16H12N2O5S/c19-15(9-10-16(20)21)17-11-1-5-13(6-2-11)24-14-7-3-12(4-8-14)18(22)23/h1-10H,(H,17,19)(H,20,21). The van der Waals surface area contributed by atoms with E-state index in [2.05, 4.69) is 5.32 Å². The lowest BCUT2D eigenvalue weighted by Gasteiger charge is -2.05. The Hall–Kier alpha value is -3.13. The molecule has 0 aliphatic heterocycles. The van der Waals surface area contributed by atoms with Gasteiger partial charge in [-0.3, -0.25) is 14.9 Å². The number of nitro benzene ring substituents is 1. The van der Waals surface area contributed by atoms with E-state index < -0.39 is 16.8 Å². The summed E-state index contributed by atoms with van der Waals surface area (Å²) in [5, 5.41) is 21.6. The summed E-state index contributed by atoms with van der Waals surface area (Å²) in [4.78, 5) is 33.7. The van der Waals surface area contributed by atoms with Gasteiger partial charge in [0.1, 0.15) is 0 Å². The molecule has 122 valence electrons. The second-order valence-electron chi connectivity index (χ2n) is 4.54. The molecule has 0 fully saturated rings. The molecule has 0 radical (unpaired) electrons. The molecule has 0 saturated heterocycles. The van der Waals surface area contributed by atoms with Crippen LogP contribution in [0.25, 0.3) is 0 Å². The van der Waals surface area contributed by atoms with Crippen LogP contribution in [0, 0.1) is 10.1 Å². The molecule has 0 bridgehead atoms. The number of hydrogen-bond donors (Lipinski definition) is 2. The quantitative estimate of drug-likeness (QED) is 0.472. The zero-order valence-electron chi connectivity index (χ0n) is 12.2. The minimum atomic E-state index is -1.19. The third kappa shape index (κ3) is 5.25. The molecule has 0 aromatic heterocycles.